The first-order valence-electron chi connectivity index (χ1n) is 5.77. The van der Waals surface area contributed by atoms with E-state index in [9.17, 15) is 8.78 Å². The molecule has 0 aromatic heterocycles. The van der Waals surface area contributed by atoms with Gasteiger partial charge in [-0.2, -0.15) is 0 Å². The minimum absolute atomic E-state index is 0.151. The first-order valence-corrected chi connectivity index (χ1v) is 5.77. The fourth-order valence-corrected chi connectivity index (χ4v) is 2.40. The fourth-order valence-electron chi connectivity index (χ4n) is 2.40. The molecule has 2 rings (SSSR count). The monoisotopic (exact) mass is 203 g/mol. The van der Waals surface area contributed by atoms with E-state index in [-0.39, 0.29) is 12.3 Å². The topological polar surface area (TPSA) is 12.0 Å². The number of alkyl halides is 2. The highest BCUT2D eigenvalue weighted by molar-refractivity contribution is 4.94. The normalized spacial score (nSPS) is 36.4. The minimum atomic E-state index is -2.30. The molecular weight excluding hydrogens is 184 g/mol. The van der Waals surface area contributed by atoms with Crippen molar-refractivity contribution in [2.75, 3.05) is 13.1 Å². The molecule has 1 saturated heterocycles. The van der Waals surface area contributed by atoms with Crippen molar-refractivity contribution in [1.29, 1.82) is 0 Å². The van der Waals surface area contributed by atoms with Gasteiger partial charge in [-0.05, 0) is 51.1 Å². The summed E-state index contributed by atoms with van der Waals surface area (Å²) in [6, 6.07) is 0. The van der Waals surface area contributed by atoms with Gasteiger partial charge in [-0.15, -0.1) is 0 Å². The molecule has 0 aromatic rings. The molecule has 1 nitrogen and oxygen atoms in total. The smallest absolute Gasteiger partial charge is 0.251 e. The Bertz CT molecular complexity index is 186. The zero-order valence-electron chi connectivity index (χ0n) is 8.57. The van der Waals surface area contributed by atoms with Crippen LogP contribution in [0.5, 0.6) is 0 Å². The van der Waals surface area contributed by atoms with Crippen LogP contribution in [0.15, 0.2) is 0 Å². The van der Waals surface area contributed by atoms with Gasteiger partial charge >= 0.3 is 0 Å². The standard InChI is InChI=1S/C11H19F2N/c12-11(13)8-10(11)4-3-9-2-1-6-14-7-5-9/h9-10,14H,1-8H2. The molecule has 2 atom stereocenters. The number of nitrogens with one attached hydrogen (secondary N) is 1. The summed E-state index contributed by atoms with van der Waals surface area (Å²) in [6.45, 7) is 2.18. The average Bonchev–Trinajstić information content (AvgIpc) is 2.81. The summed E-state index contributed by atoms with van der Waals surface area (Å²) in [6.07, 6.45) is 5.53. The van der Waals surface area contributed by atoms with Gasteiger partial charge in [-0.3, -0.25) is 0 Å². The molecule has 1 heterocycles. The average molecular weight is 203 g/mol. The molecule has 1 aliphatic heterocycles. The van der Waals surface area contributed by atoms with Gasteiger partial charge in [0, 0.05) is 12.3 Å². The largest absolute Gasteiger partial charge is 0.317 e. The molecule has 2 aliphatic rings. The molecule has 0 aromatic carbocycles. The molecule has 0 spiro atoms. The molecule has 2 unspecified atom stereocenters. The van der Waals surface area contributed by atoms with Gasteiger partial charge in [0.2, 0.25) is 0 Å². The van der Waals surface area contributed by atoms with E-state index < -0.39 is 5.92 Å². The van der Waals surface area contributed by atoms with Crippen LogP contribution in [0.4, 0.5) is 8.78 Å². The van der Waals surface area contributed by atoms with E-state index in [1.807, 2.05) is 0 Å². The summed E-state index contributed by atoms with van der Waals surface area (Å²) in [5.41, 5.74) is 0. The van der Waals surface area contributed by atoms with E-state index in [1.165, 1.54) is 19.3 Å². The van der Waals surface area contributed by atoms with Crippen molar-refractivity contribution in [3.8, 4) is 0 Å². The maximum absolute atomic E-state index is 12.6. The van der Waals surface area contributed by atoms with Crippen LogP contribution in [-0.4, -0.2) is 19.0 Å². The van der Waals surface area contributed by atoms with Gasteiger partial charge in [-0.1, -0.05) is 0 Å². The van der Waals surface area contributed by atoms with E-state index in [4.69, 9.17) is 0 Å². The van der Waals surface area contributed by atoms with Gasteiger partial charge in [0.15, 0.2) is 0 Å². The Kier molecular flexibility index (Phi) is 3.05. The fraction of sp³-hybridized carbons (Fsp3) is 1.00. The van der Waals surface area contributed by atoms with Crippen molar-refractivity contribution >= 4 is 0 Å². The number of rotatable bonds is 3. The summed E-state index contributed by atoms with van der Waals surface area (Å²) < 4.78 is 25.2. The molecule has 3 heteroatoms. The third-order valence-corrected chi connectivity index (χ3v) is 3.57. The summed E-state index contributed by atoms with van der Waals surface area (Å²) in [5, 5.41) is 3.35. The number of hydrogen-bond donors (Lipinski definition) is 1. The Morgan fingerprint density at radius 1 is 1.14 bits per heavy atom. The van der Waals surface area contributed by atoms with E-state index in [1.54, 1.807) is 0 Å². The van der Waals surface area contributed by atoms with E-state index in [2.05, 4.69) is 5.32 Å². The Hall–Kier alpha value is -0.180. The lowest BCUT2D eigenvalue weighted by Gasteiger charge is -2.12. The van der Waals surface area contributed by atoms with Crippen LogP contribution in [0, 0.1) is 11.8 Å². The van der Waals surface area contributed by atoms with Crippen LogP contribution in [-0.2, 0) is 0 Å². The van der Waals surface area contributed by atoms with Gasteiger partial charge < -0.3 is 5.32 Å². The van der Waals surface area contributed by atoms with Crippen molar-refractivity contribution in [1.82, 2.24) is 5.32 Å². The van der Waals surface area contributed by atoms with Crippen LogP contribution in [0.3, 0.4) is 0 Å². The second-order valence-electron chi connectivity index (χ2n) is 4.79. The van der Waals surface area contributed by atoms with Crippen molar-refractivity contribution in [2.24, 2.45) is 11.8 Å². The third-order valence-electron chi connectivity index (χ3n) is 3.57. The Labute approximate surface area is 84.3 Å². The maximum atomic E-state index is 12.6. The van der Waals surface area contributed by atoms with E-state index in [0.29, 0.717) is 5.92 Å². The van der Waals surface area contributed by atoms with Crippen LogP contribution < -0.4 is 5.32 Å². The molecule has 1 aliphatic carbocycles. The zero-order chi connectivity index (χ0) is 10.0. The van der Waals surface area contributed by atoms with Crippen molar-refractivity contribution in [2.45, 2.75) is 44.4 Å². The lowest BCUT2D eigenvalue weighted by atomic mass is 9.94. The van der Waals surface area contributed by atoms with Crippen LogP contribution in [0.25, 0.3) is 0 Å². The predicted octanol–water partition coefficient (Wildman–Crippen LogP) is 2.81. The highest BCUT2D eigenvalue weighted by Gasteiger charge is 2.55. The Balaban J connectivity index is 1.65. The van der Waals surface area contributed by atoms with Crippen molar-refractivity contribution in [3.63, 3.8) is 0 Å². The third kappa shape index (κ3) is 2.66. The maximum Gasteiger partial charge on any atom is 0.251 e. The predicted molar refractivity (Wildman–Crippen MR) is 52.5 cm³/mol. The van der Waals surface area contributed by atoms with Crippen LogP contribution >= 0.6 is 0 Å². The first kappa shape index (κ1) is 10.3. The highest BCUT2D eigenvalue weighted by Crippen LogP contribution is 2.51. The lowest BCUT2D eigenvalue weighted by Crippen LogP contribution is -2.14. The second kappa shape index (κ2) is 4.13. The Morgan fingerprint density at radius 2 is 1.93 bits per heavy atom. The number of halogens is 2. The van der Waals surface area contributed by atoms with Gasteiger partial charge in [0.25, 0.3) is 5.92 Å². The molecule has 14 heavy (non-hydrogen) atoms. The summed E-state index contributed by atoms with van der Waals surface area (Å²) in [5.74, 6) is -1.89. The van der Waals surface area contributed by atoms with Gasteiger partial charge in [0.05, 0.1) is 0 Å². The summed E-state index contributed by atoms with van der Waals surface area (Å²) in [7, 11) is 0. The van der Waals surface area contributed by atoms with Crippen molar-refractivity contribution < 1.29 is 8.78 Å². The van der Waals surface area contributed by atoms with E-state index in [0.717, 1.165) is 25.9 Å². The van der Waals surface area contributed by atoms with Crippen LogP contribution in [0.2, 0.25) is 0 Å². The highest BCUT2D eigenvalue weighted by atomic mass is 19.3. The lowest BCUT2D eigenvalue weighted by molar-refractivity contribution is 0.0952. The summed E-state index contributed by atoms with van der Waals surface area (Å²) in [4.78, 5) is 0. The molecule has 0 bridgehead atoms. The number of hydrogen-bond acceptors (Lipinski definition) is 1. The first-order chi connectivity index (χ1) is 6.68. The van der Waals surface area contributed by atoms with Crippen molar-refractivity contribution in [3.05, 3.63) is 0 Å². The summed E-state index contributed by atoms with van der Waals surface area (Å²) >= 11 is 0. The molecule has 82 valence electrons. The molecular formula is C11H19F2N. The quantitative estimate of drug-likeness (QED) is 0.743. The molecule has 0 amide bonds. The SMILES string of the molecule is FC1(F)CC1CCC1CCCNCC1. The molecule has 0 radical (unpaired) electrons. The van der Waals surface area contributed by atoms with Gasteiger partial charge in [-0.25, -0.2) is 8.78 Å². The zero-order valence-corrected chi connectivity index (χ0v) is 8.57. The van der Waals surface area contributed by atoms with E-state index >= 15 is 0 Å². The van der Waals surface area contributed by atoms with Crippen LogP contribution in [0.1, 0.15) is 38.5 Å². The minimum Gasteiger partial charge on any atom is -0.317 e. The molecule has 1 saturated carbocycles. The molecule has 2 fully saturated rings. The molecule has 1 N–H and O–H groups in total. The Morgan fingerprint density at radius 3 is 2.64 bits per heavy atom. The van der Waals surface area contributed by atoms with Gasteiger partial charge in [0.1, 0.15) is 0 Å². The second-order valence-corrected chi connectivity index (χ2v) is 4.79.